The van der Waals surface area contributed by atoms with Crippen LogP contribution in [0, 0.1) is 15.4 Å². The molecule has 0 aliphatic carbocycles. The maximum atomic E-state index is 7.59. The van der Waals surface area contributed by atoms with Crippen LogP contribution >= 0.6 is 0 Å². The Morgan fingerprint density at radius 1 is 2.00 bits per heavy atom. The predicted molar refractivity (Wildman–Crippen MR) is 19.9 cm³/mol. The normalized spacial score (nSPS) is 12.8. The fourth-order valence-electron chi connectivity index (χ4n) is 0. The van der Waals surface area contributed by atoms with Gasteiger partial charge in [0.1, 0.15) is 0 Å². The lowest BCUT2D eigenvalue weighted by Gasteiger charge is -1.64. The SMILES string of the molecule is N#CS(=N)N. The van der Waals surface area contributed by atoms with Gasteiger partial charge in [-0.05, 0) is 0 Å². The molecule has 0 heterocycles. The van der Waals surface area contributed by atoms with Crippen LogP contribution in [0.5, 0.6) is 0 Å². The van der Waals surface area contributed by atoms with E-state index in [0.717, 1.165) is 0 Å². The van der Waals surface area contributed by atoms with Gasteiger partial charge in [-0.15, -0.1) is 0 Å². The third-order valence-electron chi connectivity index (χ3n) is 0.0983. The van der Waals surface area contributed by atoms with Crippen molar-refractivity contribution in [1.29, 1.82) is 10.0 Å². The summed E-state index contributed by atoms with van der Waals surface area (Å²) >= 11 is 0. The first-order chi connectivity index (χ1) is 2.27. The second-order valence-electron chi connectivity index (χ2n) is 0.429. The summed E-state index contributed by atoms with van der Waals surface area (Å²) in [5.41, 5.74) is 0. The fourth-order valence-corrected chi connectivity index (χ4v) is 0. The molecule has 0 fully saturated rings. The third kappa shape index (κ3) is 3.60. The highest BCUT2D eigenvalue weighted by molar-refractivity contribution is 7.88. The molecule has 4 heteroatoms. The Labute approximate surface area is 32.4 Å². The molecule has 0 aromatic heterocycles. The summed E-state index contributed by atoms with van der Waals surface area (Å²) in [5, 5.41) is 13.7. The number of nitrogens with two attached hydrogens (primary N) is 1. The molecule has 3 N–H and O–H groups in total. The van der Waals surface area contributed by atoms with Crippen LogP contribution in [-0.2, 0) is 10.9 Å². The van der Waals surface area contributed by atoms with Crippen LogP contribution in [0.25, 0.3) is 0 Å². The monoisotopic (exact) mass is 89.0 g/mol. The number of nitrogens with one attached hydrogen (secondary N) is 1. The van der Waals surface area contributed by atoms with Gasteiger partial charge in [-0.3, -0.25) is 9.92 Å². The largest absolute Gasteiger partial charge is 0.257 e. The molecular formula is CH3N3S. The second-order valence-corrected chi connectivity index (χ2v) is 1.29. The minimum Gasteiger partial charge on any atom is -0.257 e. The summed E-state index contributed by atoms with van der Waals surface area (Å²) in [5.74, 6) is 0. The van der Waals surface area contributed by atoms with Crippen molar-refractivity contribution < 1.29 is 0 Å². The molecule has 1 unspecified atom stereocenters. The number of nitriles is 1. The molecule has 28 valence electrons. The van der Waals surface area contributed by atoms with Crippen molar-refractivity contribution in [3.05, 3.63) is 0 Å². The van der Waals surface area contributed by atoms with Gasteiger partial charge in [0, 0.05) is 0 Å². The number of hydrogen-bond acceptors (Lipinski definition) is 2. The van der Waals surface area contributed by atoms with Crippen LogP contribution < -0.4 is 5.14 Å². The average Bonchev–Trinajstić information content (AvgIpc) is 1.38. The highest BCUT2D eigenvalue weighted by atomic mass is 32.2. The van der Waals surface area contributed by atoms with E-state index in [-0.39, 0.29) is 0 Å². The first-order valence-corrected chi connectivity index (χ1v) is 2.16. The van der Waals surface area contributed by atoms with E-state index >= 15 is 0 Å². The van der Waals surface area contributed by atoms with E-state index < -0.39 is 10.9 Å². The van der Waals surface area contributed by atoms with Gasteiger partial charge < -0.3 is 0 Å². The zero-order valence-electron chi connectivity index (χ0n) is 2.43. The van der Waals surface area contributed by atoms with Gasteiger partial charge in [-0.2, -0.15) is 5.26 Å². The van der Waals surface area contributed by atoms with Crippen molar-refractivity contribution in [1.82, 2.24) is 0 Å². The quantitative estimate of drug-likeness (QED) is 0.400. The minimum atomic E-state index is -1.27. The zero-order chi connectivity index (χ0) is 4.28. The Balaban J connectivity index is 3.35. The Morgan fingerprint density at radius 2 is 2.20 bits per heavy atom. The lowest BCUT2D eigenvalue weighted by Crippen LogP contribution is -1.92. The standard InChI is InChI=1S/CH3N3S/c2-1-5(3)4/h(H3,3,4). The second kappa shape index (κ2) is 1.88. The molecule has 0 saturated heterocycles. The molecular weight excluding hydrogens is 86.1 g/mol. The van der Waals surface area contributed by atoms with Crippen LogP contribution in [0.15, 0.2) is 0 Å². The Morgan fingerprint density at radius 3 is 2.20 bits per heavy atom. The smallest absolute Gasteiger partial charge is 0.159 e. The highest BCUT2D eigenvalue weighted by Crippen LogP contribution is 1.52. The summed E-state index contributed by atoms with van der Waals surface area (Å²) in [6.07, 6.45) is 0. The first kappa shape index (κ1) is 4.60. The van der Waals surface area contributed by atoms with E-state index in [2.05, 4.69) is 5.14 Å². The Hall–Kier alpha value is -0.400. The van der Waals surface area contributed by atoms with Crippen molar-refractivity contribution in [2.75, 3.05) is 0 Å². The molecule has 0 aliphatic rings. The maximum Gasteiger partial charge on any atom is 0.159 e. The average molecular weight is 89.1 g/mol. The minimum absolute atomic E-state index is 1.27. The van der Waals surface area contributed by atoms with E-state index in [1.165, 1.54) is 5.40 Å². The van der Waals surface area contributed by atoms with E-state index in [0.29, 0.717) is 0 Å². The third-order valence-corrected chi connectivity index (χ3v) is 0.295. The van der Waals surface area contributed by atoms with Gasteiger partial charge in [0.2, 0.25) is 0 Å². The molecule has 0 aromatic rings. The number of rotatable bonds is 0. The van der Waals surface area contributed by atoms with Crippen molar-refractivity contribution in [2.24, 2.45) is 5.14 Å². The van der Waals surface area contributed by atoms with Crippen LogP contribution in [-0.4, -0.2) is 0 Å². The molecule has 0 saturated carbocycles. The lowest BCUT2D eigenvalue weighted by molar-refractivity contribution is 1.55. The predicted octanol–water partition coefficient (Wildman–Crippen LogP) is -0.278. The van der Waals surface area contributed by atoms with Gasteiger partial charge in [0.15, 0.2) is 5.40 Å². The van der Waals surface area contributed by atoms with Gasteiger partial charge in [0.05, 0.1) is 10.9 Å². The van der Waals surface area contributed by atoms with Gasteiger partial charge in [-0.1, -0.05) is 0 Å². The molecule has 3 nitrogen and oxygen atoms in total. The van der Waals surface area contributed by atoms with E-state index in [4.69, 9.17) is 10.0 Å². The van der Waals surface area contributed by atoms with Crippen LogP contribution in [0.1, 0.15) is 0 Å². The van der Waals surface area contributed by atoms with Crippen molar-refractivity contribution in [3.8, 4) is 5.40 Å². The molecule has 0 spiro atoms. The maximum absolute atomic E-state index is 7.59. The molecule has 0 aromatic carbocycles. The summed E-state index contributed by atoms with van der Waals surface area (Å²) < 4.78 is 6.27. The highest BCUT2D eigenvalue weighted by Gasteiger charge is 1.64. The van der Waals surface area contributed by atoms with Gasteiger partial charge in [-0.25, -0.2) is 0 Å². The topological polar surface area (TPSA) is 73.7 Å². The summed E-state index contributed by atoms with van der Waals surface area (Å²) in [4.78, 5) is 0. The molecule has 0 amide bonds. The first-order valence-electron chi connectivity index (χ1n) is 0.868. The Kier molecular flexibility index (Phi) is 1.73. The van der Waals surface area contributed by atoms with Gasteiger partial charge >= 0.3 is 0 Å². The molecule has 0 bridgehead atoms. The number of hydrogen-bond donors (Lipinski definition) is 2. The van der Waals surface area contributed by atoms with E-state index in [1.54, 1.807) is 0 Å². The summed E-state index contributed by atoms with van der Waals surface area (Å²) in [6, 6.07) is 0. The summed E-state index contributed by atoms with van der Waals surface area (Å²) in [7, 11) is -1.27. The van der Waals surface area contributed by atoms with Crippen LogP contribution in [0.3, 0.4) is 0 Å². The molecule has 0 rings (SSSR count). The Bertz CT molecular complexity index is 79.4. The summed E-state index contributed by atoms with van der Waals surface area (Å²) in [6.45, 7) is 0. The van der Waals surface area contributed by atoms with Crippen molar-refractivity contribution in [2.45, 2.75) is 0 Å². The van der Waals surface area contributed by atoms with Crippen molar-refractivity contribution in [3.63, 3.8) is 0 Å². The molecule has 5 heavy (non-hydrogen) atoms. The molecule has 1 atom stereocenters. The molecule has 0 radical (unpaired) electrons. The van der Waals surface area contributed by atoms with Gasteiger partial charge in [0.25, 0.3) is 0 Å². The fraction of sp³-hybridized carbons (Fsp3) is 0. The number of thiocyanates is 1. The van der Waals surface area contributed by atoms with Crippen LogP contribution in [0.2, 0.25) is 0 Å². The zero-order valence-corrected chi connectivity index (χ0v) is 3.25. The lowest BCUT2D eigenvalue weighted by atomic mass is 11.8. The number of nitrogens with zero attached hydrogens (tertiary/aromatic N) is 1. The molecule has 0 aliphatic heterocycles. The van der Waals surface area contributed by atoms with Crippen LogP contribution in [0.4, 0.5) is 0 Å². The van der Waals surface area contributed by atoms with Crippen molar-refractivity contribution >= 4 is 10.9 Å². The van der Waals surface area contributed by atoms with E-state index in [1.807, 2.05) is 0 Å². The van der Waals surface area contributed by atoms with E-state index in [9.17, 15) is 0 Å².